The fraction of sp³-hybridized carbons (Fsp3) is 0.188. The summed E-state index contributed by atoms with van der Waals surface area (Å²) in [5.74, 6) is -2.33. The summed E-state index contributed by atoms with van der Waals surface area (Å²) < 4.78 is 49.8. The predicted octanol–water partition coefficient (Wildman–Crippen LogP) is 4.49. The lowest BCUT2D eigenvalue weighted by atomic mass is 10.1. The molecule has 0 radical (unpaired) electrons. The van der Waals surface area contributed by atoms with Crippen molar-refractivity contribution in [3.63, 3.8) is 0 Å². The summed E-state index contributed by atoms with van der Waals surface area (Å²) >= 11 is 0. The molecule has 0 fully saturated rings. The quantitative estimate of drug-likeness (QED) is 0.398. The van der Waals surface area contributed by atoms with Gasteiger partial charge < -0.3 is 9.47 Å². The standard InChI is InChI=1S/C16H11F3N2O7/c1-2-27-15(22)9-4-3-5-11(6-9)28-14-12(16(17,18)19)7-10(20(23)24)8-13(14)21(25)26/h3-8H,2H2,1H3. The van der Waals surface area contributed by atoms with Crippen LogP contribution < -0.4 is 4.74 Å². The number of esters is 1. The summed E-state index contributed by atoms with van der Waals surface area (Å²) in [6, 6.07) is 5.26. The largest absolute Gasteiger partial charge is 0.462 e. The Hall–Kier alpha value is -3.70. The summed E-state index contributed by atoms with van der Waals surface area (Å²) in [5, 5.41) is 22.0. The maximum absolute atomic E-state index is 13.3. The Balaban J connectivity index is 2.61. The summed E-state index contributed by atoms with van der Waals surface area (Å²) in [6.07, 6.45) is -5.18. The number of non-ortho nitro benzene ring substituents is 1. The molecular formula is C16H11F3N2O7. The van der Waals surface area contributed by atoms with Crippen LogP contribution in [0, 0.1) is 20.2 Å². The highest BCUT2D eigenvalue weighted by Gasteiger charge is 2.41. The number of benzene rings is 2. The Kier molecular flexibility index (Phi) is 5.81. The fourth-order valence-corrected chi connectivity index (χ4v) is 2.18. The van der Waals surface area contributed by atoms with Crippen LogP contribution in [0.4, 0.5) is 24.5 Å². The molecule has 148 valence electrons. The lowest BCUT2D eigenvalue weighted by molar-refractivity contribution is -0.395. The van der Waals surface area contributed by atoms with Crippen LogP contribution >= 0.6 is 0 Å². The monoisotopic (exact) mass is 400 g/mol. The number of carbonyl (C=O) groups is 1. The Labute approximate surface area is 154 Å². The van der Waals surface area contributed by atoms with E-state index in [2.05, 4.69) is 0 Å². The zero-order valence-corrected chi connectivity index (χ0v) is 14.1. The van der Waals surface area contributed by atoms with Gasteiger partial charge in [-0.2, -0.15) is 13.2 Å². The van der Waals surface area contributed by atoms with Gasteiger partial charge in [-0.3, -0.25) is 20.2 Å². The number of nitro benzene ring substituents is 2. The lowest BCUT2D eigenvalue weighted by Crippen LogP contribution is -2.10. The molecule has 0 atom stereocenters. The molecule has 0 aliphatic rings. The SMILES string of the molecule is CCOC(=O)c1cccc(Oc2c([N+](=O)[O-])cc([N+](=O)[O-])cc2C(F)(F)F)c1. The smallest absolute Gasteiger partial charge is 0.420 e. The molecule has 0 saturated carbocycles. The number of nitro groups is 2. The topological polar surface area (TPSA) is 122 Å². The second-order valence-electron chi connectivity index (χ2n) is 5.20. The van der Waals surface area contributed by atoms with Gasteiger partial charge in [0.2, 0.25) is 5.75 Å². The Morgan fingerprint density at radius 2 is 1.79 bits per heavy atom. The number of alkyl halides is 3. The van der Waals surface area contributed by atoms with Crippen LogP contribution in [0.25, 0.3) is 0 Å². The molecular weight excluding hydrogens is 389 g/mol. The third-order valence-electron chi connectivity index (χ3n) is 3.33. The molecule has 2 rings (SSSR count). The van der Waals surface area contributed by atoms with Crippen molar-refractivity contribution >= 4 is 17.3 Å². The molecule has 0 N–H and O–H groups in total. The summed E-state index contributed by atoms with van der Waals surface area (Å²) in [5.41, 5.74) is -4.12. The van der Waals surface area contributed by atoms with Crippen molar-refractivity contribution in [3.8, 4) is 11.5 Å². The molecule has 0 amide bonds. The molecule has 0 aliphatic heterocycles. The van der Waals surface area contributed by atoms with Gasteiger partial charge in [0.15, 0.2) is 0 Å². The molecule has 0 aliphatic carbocycles. The molecule has 0 aromatic heterocycles. The van der Waals surface area contributed by atoms with E-state index in [1.165, 1.54) is 12.1 Å². The van der Waals surface area contributed by atoms with Crippen molar-refractivity contribution < 1.29 is 37.3 Å². The first-order chi connectivity index (χ1) is 13.0. The van der Waals surface area contributed by atoms with Gasteiger partial charge in [-0.1, -0.05) is 6.07 Å². The third-order valence-corrected chi connectivity index (χ3v) is 3.33. The maximum Gasteiger partial charge on any atom is 0.420 e. The van der Waals surface area contributed by atoms with Crippen LogP contribution in [0.15, 0.2) is 36.4 Å². The van der Waals surface area contributed by atoms with Crippen LogP contribution in [0.2, 0.25) is 0 Å². The number of carbonyl (C=O) groups excluding carboxylic acids is 1. The molecule has 0 saturated heterocycles. The molecule has 2 aromatic carbocycles. The second kappa shape index (κ2) is 7.90. The first-order valence-electron chi connectivity index (χ1n) is 7.53. The molecule has 2 aromatic rings. The summed E-state index contributed by atoms with van der Waals surface area (Å²) in [7, 11) is 0. The Morgan fingerprint density at radius 1 is 1.11 bits per heavy atom. The van der Waals surface area contributed by atoms with Gasteiger partial charge in [0, 0.05) is 6.07 Å². The van der Waals surface area contributed by atoms with Gasteiger partial charge >= 0.3 is 17.8 Å². The van der Waals surface area contributed by atoms with Gasteiger partial charge in [-0.15, -0.1) is 0 Å². The first-order valence-corrected chi connectivity index (χ1v) is 7.53. The van der Waals surface area contributed by atoms with Crippen molar-refractivity contribution in [2.75, 3.05) is 6.61 Å². The average molecular weight is 400 g/mol. The van der Waals surface area contributed by atoms with Crippen molar-refractivity contribution in [2.45, 2.75) is 13.1 Å². The average Bonchev–Trinajstić information content (AvgIpc) is 2.60. The van der Waals surface area contributed by atoms with Crippen molar-refractivity contribution in [1.29, 1.82) is 0 Å². The van der Waals surface area contributed by atoms with Gasteiger partial charge in [0.1, 0.15) is 11.3 Å². The predicted molar refractivity (Wildman–Crippen MR) is 87.2 cm³/mol. The zero-order chi connectivity index (χ0) is 21.1. The van der Waals surface area contributed by atoms with Crippen molar-refractivity contribution in [3.05, 3.63) is 67.8 Å². The van der Waals surface area contributed by atoms with Crippen LogP contribution in [-0.2, 0) is 10.9 Å². The van der Waals surface area contributed by atoms with Crippen LogP contribution in [0.5, 0.6) is 11.5 Å². The van der Waals surface area contributed by atoms with Crippen LogP contribution in [0.1, 0.15) is 22.8 Å². The maximum atomic E-state index is 13.3. The van der Waals surface area contributed by atoms with Crippen molar-refractivity contribution in [2.24, 2.45) is 0 Å². The summed E-state index contributed by atoms with van der Waals surface area (Å²) in [4.78, 5) is 31.3. The Morgan fingerprint density at radius 3 is 2.32 bits per heavy atom. The molecule has 12 heteroatoms. The number of hydrogen-bond acceptors (Lipinski definition) is 7. The lowest BCUT2D eigenvalue weighted by Gasteiger charge is -2.14. The molecule has 9 nitrogen and oxygen atoms in total. The summed E-state index contributed by atoms with van der Waals surface area (Å²) in [6.45, 7) is 1.60. The molecule has 0 bridgehead atoms. The van der Waals surface area contributed by atoms with Crippen molar-refractivity contribution in [1.82, 2.24) is 0 Å². The molecule has 0 unspecified atom stereocenters. The van der Waals surface area contributed by atoms with E-state index >= 15 is 0 Å². The Bertz CT molecular complexity index is 944. The van der Waals surface area contributed by atoms with E-state index in [9.17, 15) is 38.2 Å². The normalized spacial score (nSPS) is 11.0. The minimum Gasteiger partial charge on any atom is -0.462 e. The van der Waals surface area contributed by atoms with E-state index in [-0.39, 0.29) is 24.0 Å². The van der Waals surface area contributed by atoms with E-state index in [4.69, 9.17) is 9.47 Å². The van der Waals surface area contributed by atoms with Gasteiger partial charge in [-0.25, -0.2) is 4.79 Å². The minimum absolute atomic E-state index is 0.0516. The van der Waals surface area contributed by atoms with E-state index in [0.29, 0.717) is 6.07 Å². The van der Waals surface area contributed by atoms with Crippen LogP contribution in [0.3, 0.4) is 0 Å². The van der Waals surface area contributed by atoms with Gasteiger partial charge in [0.25, 0.3) is 5.69 Å². The highest BCUT2D eigenvalue weighted by atomic mass is 19.4. The number of rotatable bonds is 6. The van der Waals surface area contributed by atoms with E-state index in [1.54, 1.807) is 6.92 Å². The highest BCUT2D eigenvalue weighted by molar-refractivity contribution is 5.89. The number of nitrogens with zero attached hydrogens (tertiary/aromatic N) is 2. The third kappa shape index (κ3) is 4.52. The van der Waals surface area contributed by atoms with E-state index in [1.807, 2.05) is 0 Å². The molecule has 0 heterocycles. The molecule has 0 spiro atoms. The van der Waals surface area contributed by atoms with E-state index < -0.39 is 44.7 Å². The zero-order valence-electron chi connectivity index (χ0n) is 14.1. The van der Waals surface area contributed by atoms with Crippen LogP contribution in [-0.4, -0.2) is 22.4 Å². The fourth-order valence-electron chi connectivity index (χ4n) is 2.18. The van der Waals surface area contributed by atoms with E-state index in [0.717, 1.165) is 12.1 Å². The van der Waals surface area contributed by atoms with Gasteiger partial charge in [0.05, 0.1) is 28.1 Å². The highest BCUT2D eigenvalue weighted by Crippen LogP contribution is 2.45. The molecule has 28 heavy (non-hydrogen) atoms. The number of hydrogen-bond donors (Lipinski definition) is 0. The second-order valence-corrected chi connectivity index (χ2v) is 5.20. The number of ether oxygens (including phenoxy) is 2. The minimum atomic E-state index is -5.18. The number of halogens is 3. The first kappa shape index (κ1) is 20.6. The van der Waals surface area contributed by atoms with Gasteiger partial charge in [-0.05, 0) is 25.1 Å².